The standard InChI is InChI=1S/C19H16F5N3O/c1-27-11-10-18(26-27,16(20)21)17(28)25-15-5-3-2-4-14(15)12-6-8-13(9-7-12)19(22,23)24/h2-11,16,26H,1H3,(H,25,28). The third-order valence-corrected chi connectivity index (χ3v) is 4.34. The van der Waals surface area contributed by atoms with Gasteiger partial charge < -0.3 is 10.3 Å². The summed E-state index contributed by atoms with van der Waals surface area (Å²) in [6, 6.07) is 10.7. The normalized spacial score (nSPS) is 19.3. The van der Waals surface area contributed by atoms with Crippen LogP contribution in [0, 0.1) is 0 Å². The van der Waals surface area contributed by atoms with E-state index in [1.54, 1.807) is 18.2 Å². The van der Waals surface area contributed by atoms with Gasteiger partial charge in [0.2, 0.25) is 0 Å². The first kappa shape index (κ1) is 19.8. The molecule has 0 aromatic heterocycles. The van der Waals surface area contributed by atoms with Crippen molar-refractivity contribution in [2.45, 2.75) is 18.1 Å². The second kappa shape index (κ2) is 7.23. The average molecular weight is 397 g/mol. The van der Waals surface area contributed by atoms with E-state index in [2.05, 4.69) is 10.7 Å². The van der Waals surface area contributed by atoms with Gasteiger partial charge in [0.25, 0.3) is 12.3 Å². The zero-order chi connectivity index (χ0) is 20.5. The summed E-state index contributed by atoms with van der Waals surface area (Å²) in [6.45, 7) is 0. The Morgan fingerprint density at radius 2 is 1.75 bits per heavy atom. The highest BCUT2D eigenvalue weighted by Gasteiger charge is 2.48. The molecule has 0 radical (unpaired) electrons. The average Bonchev–Trinajstić information content (AvgIpc) is 3.05. The second-order valence-electron chi connectivity index (χ2n) is 6.28. The molecule has 2 aromatic rings. The number of nitrogens with one attached hydrogen (secondary N) is 2. The number of halogens is 5. The number of para-hydroxylation sites is 1. The van der Waals surface area contributed by atoms with E-state index in [4.69, 9.17) is 0 Å². The fourth-order valence-electron chi connectivity index (χ4n) is 2.85. The second-order valence-corrected chi connectivity index (χ2v) is 6.28. The van der Waals surface area contributed by atoms with Crippen LogP contribution < -0.4 is 10.7 Å². The molecule has 0 fully saturated rings. The molecule has 1 atom stereocenters. The van der Waals surface area contributed by atoms with E-state index in [-0.39, 0.29) is 5.69 Å². The van der Waals surface area contributed by atoms with Crippen molar-refractivity contribution in [3.8, 4) is 11.1 Å². The molecule has 1 heterocycles. The van der Waals surface area contributed by atoms with E-state index in [0.29, 0.717) is 11.1 Å². The van der Waals surface area contributed by atoms with Gasteiger partial charge in [-0.25, -0.2) is 14.2 Å². The molecule has 0 saturated carbocycles. The van der Waals surface area contributed by atoms with Gasteiger partial charge in [0.15, 0.2) is 5.54 Å². The summed E-state index contributed by atoms with van der Waals surface area (Å²) in [7, 11) is 1.48. The number of alkyl halides is 5. The summed E-state index contributed by atoms with van der Waals surface area (Å²) < 4.78 is 65.4. The third kappa shape index (κ3) is 3.70. The number of amides is 1. The first-order valence-corrected chi connectivity index (χ1v) is 8.20. The Bertz CT molecular complexity index is 895. The number of benzene rings is 2. The minimum atomic E-state index is -4.47. The van der Waals surface area contributed by atoms with Crippen LogP contribution in [0.4, 0.5) is 27.6 Å². The van der Waals surface area contributed by atoms with Crippen molar-refractivity contribution in [2.24, 2.45) is 0 Å². The smallest absolute Gasteiger partial charge is 0.323 e. The minimum absolute atomic E-state index is 0.206. The lowest BCUT2D eigenvalue weighted by Crippen LogP contribution is -2.58. The van der Waals surface area contributed by atoms with E-state index >= 15 is 0 Å². The highest BCUT2D eigenvalue weighted by Crippen LogP contribution is 2.34. The number of nitrogens with zero attached hydrogens (tertiary/aromatic N) is 1. The molecule has 1 amide bonds. The molecule has 1 aliphatic heterocycles. The van der Waals surface area contributed by atoms with Crippen LogP contribution >= 0.6 is 0 Å². The van der Waals surface area contributed by atoms with Crippen LogP contribution in [0.2, 0.25) is 0 Å². The number of anilines is 1. The first-order valence-electron chi connectivity index (χ1n) is 8.20. The van der Waals surface area contributed by atoms with Crippen molar-refractivity contribution in [3.63, 3.8) is 0 Å². The van der Waals surface area contributed by atoms with Crippen LogP contribution in [-0.2, 0) is 11.0 Å². The fraction of sp³-hybridized carbons (Fsp3) is 0.211. The fourth-order valence-corrected chi connectivity index (χ4v) is 2.85. The van der Waals surface area contributed by atoms with Gasteiger partial charge in [-0.15, -0.1) is 0 Å². The van der Waals surface area contributed by atoms with Gasteiger partial charge in [-0.1, -0.05) is 30.3 Å². The number of rotatable bonds is 4. The topological polar surface area (TPSA) is 44.4 Å². The van der Waals surface area contributed by atoms with Gasteiger partial charge in [0.05, 0.1) is 5.56 Å². The molecule has 1 aliphatic rings. The number of hydrazine groups is 1. The maximum absolute atomic E-state index is 13.6. The summed E-state index contributed by atoms with van der Waals surface area (Å²) in [5.41, 5.74) is 0.381. The predicted octanol–water partition coefficient (Wildman–Crippen LogP) is 4.28. The Labute approximate surface area is 157 Å². The SMILES string of the molecule is CN1C=CC(C(=O)Nc2ccccc2-c2ccc(C(F)(F)F)cc2)(C(F)F)N1. The molecule has 0 bridgehead atoms. The van der Waals surface area contributed by atoms with Gasteiger partial charge >= 0.3 is 6.18 Å². The zero-order valence-corrected chi connectivity index (χ0v) is 14.6. The van der Waals surface area contributed by atoms with Crippen LogP contribution in [0.25, 0.3) is 11.1 Å². The molecule has 1 unspecified atom stereocenters. The molecule has 148 valence electrons. The van der Waals surface area contributed by atoms with Crippen molar-refractivity contribution < 1.29 is 26.7 Å². The molecule has 0 spiro atoms. The van der Waals surface area contributed by atoms with Gasteiger partial charge in [-0.3, -0.25) is 4.79 Å². The zero-order valence-electron chi connectivity index (χ0n) is 14.6. The van der Waals surface area contributed by atoms with E-state index < -0.39 is 29.6 Å². The molecule has 28 heavy (non-hydrogen) atoms. The van der Waals surface area contributed by atoms with Gasteiger partial charge in [0, 0.05) is 24.5 Å². The van der Waals surface area contributed by atoms with Gasteiger partial charge in [0.1, 0.15) is 0 Å². The van der Waals surface area contributed by atoms with E-state index in [1.165, 1.54) is 36.5 Å². The third-order valence-electron chi connectivity index (χ3n) is 4.34. The molecular weight excluding hydrogens is 381 g/mol. The van der Waals surface area contributed by atoms with Crippen molar-refractivity contribution in [3.05, 3.63) is 66.4 Å². The van der Waals surface area contributed by atoms with Gasteiger partial charge in [-0.2, -0.15) is 13.2 Å². The maximum atomic E-state index is 13.6. The summed E-state index contributed by atoms with van der Waals surface area (Å²) in [6.07, 6.45) is -5.11. The Morgan fingerprint density at radius 1 is 1.11 bits per heavy atom. The number of hydrogen-bond donors (Lipinski definition) is 2. The lowest BCUT2D eigenvalue weighted by molar-refractivity contribution is -0.137. The predicted molar refractivity (Wildman–Crippen MR) is 94.3 cm³/mol. The molecule has 4 nitrogen and oxygen atoms in total. The monoisotopic (exact) mass is 397 g/mol. The van der Waals surface area contributed by atoms with Crippen LogP contribution in [0.15, 0.2) is 60.8 Å². The summed E-state index contributed by atoms with van der Waals surface area (Å²) >= 11 is 0. The number of carbonyl (C=O) groups excluding carboxylic acids is 1. The molecular formula is C19H16F5N3O. The van der Waals surface area contributed by atoms with Crippen LogP contribution in [0.1, 0.15) is 5.56 Å². The Balaban J connectivity index is 1.91. The lowest BCUT2D eigenvalue weighted by atomic mass is 9.98. The summed E-state index contributed by atoms with van der Waals surface area (Å²) in [5.74, 6) is -0.984. The molecule has 2 N–H and O–H groups in total. The summed E-state index contributed by atoms with van der Waals surface area (Å²) in [4.78, 5) is 12.6. The maximum Gasteiger partial charge on any atom is 0.416 e. The van der Waals surface area contributed by atoms with Crippen molar-refractivity contribution in [1.29, 1.82) is 0 Å². The number of carbonyl (C=O) groups is 1. The molecule has 9 heteroatoms. The van der Waals surface area contributed by atoms with Crippen molar-refractivity contribution in [1.82, 2.24) is 10.4 Å². The van der Waals surface area contributed by atoms with Crippen LogP contribution in [-0.4, -0.2) is 29.9 Å². The Morgan fingerprint density at radius 3 is 2.29 bits per heavy atom. The molecule has 0 saturated heterocycles. The van der Waals surface area contributed by atoms with E-state index in [1.807, 2.05) is 0 Å². The minimum Gasteiger partial charge on any atom is -0.323 e. The van der Waals surface area contributed by atoms with Crippen LogP contribution in [0.3, 0.4) is 0 Å². The number of hydrogen-bond acceptors (Lipinski definition) is 3. The Hall–Kier alpha value is -2.94. The molecule has 0 aliphatic carbocycles. The molecule has 2 aromatic carbocycles. The highest BCUT2D eigenvalue weighted by atomic mass is 19.4. The summed E-state index contributed by atoms with van der Waals surface area (Å²) in [5, 5.41) is 3.70. The van der Waals surface area contributed by atoms with Crippen molar-refractivity contribution in [2.75, 3.05) is 12.4 Å². The van der Waals surface area contributed by atoms with E-state index in [9.17, 15) is 26.7 Å². The largest absolute Gasteiger partial charge is 0.416 e. The molecule has 3 rings (SSSR count). The van der Waals surface area contributed by atoms with Gasteiger partial charge in [-0.05, 0) is 29.8 Å². The quantitative estimate of drug-likeness (QED) is 0.757. The van der Waals surface area contributed by atoms with E-state index in [0.717, 1.165) is 18.2 Å². The van der Waals surface area contributed by atoms with Crippen molar-refractivity contribution >= 4 is 11.6 Å². The lowest BCUT2D eigenvalue weighted by Gasteiger charge is -2.28. The highest BCUT2D eigenvalue weighted by molar-refractivity contribution is 6.03. The first-order chi connectivity index (χ1) is 13.1. The Kier molecular flexibility index (Phi) is 5.12. The van der Waals surface area contributed by atoms with Crippen LogP contribution in [0.5, 0.6) is 0 Å².